The van der Waals surface area contributed by atoms with Crippen LogP contribution in [0, 0.1) is 12.8 Å². The van der Waals surface area contributed by atoms with Crippen molar-refractivity contribution >= 4 is 17.8 Å². The molecule has 0 aliphatic carbocycles. The number of nitrogens with one attached hydrogen (secondary N) is 1. The normalized spacial score (nSPS) is 15.9. The molecule has 1 aromatic heterocycles. The average molecular weight is 277 g/mol. The van der Waals surface area contributed by atoms with Crippen LogP contribution in [-0.2, 0) is 9.59 Å². The maximum absolute atomic E-state index is 11.8. The third-order valence-electron chi connectivity index (χ3n) is 3.37. The first-order valence-electron chi connectivity index (χ1n) is 6.67. The Bertz CT molecular complexity index is 497. The Kier molecular flexibility index (Phi) is 4.49. The summed E-state index contributed by atoms with van der Waals surface area (Å²) in [6.07, 6.45) is 3.19. The summed E-state index contributed by atoms with van der Waals surface area (Å²) < 4.78 is 0. The number of anilines is 1. The van der Waals surface area contributed by atoms with E-state index >= 15 is 0 Å². The second-order valence-electron chi connectivity index (χ2n) is 4.94. The van der Waals surface area contributed by atoms with Gasteiger partial charge in [-0.15, -0.1) is 0 Å². The molecule has 1 aromatic rings. The topological polar surface area (TPSA) is 101 Å². The predicted octanol–water partition coefficient (Wildman–Crippen LogP) is -0.397. The lowest BCUT2D eigenvalue weighted by atomic mass is 9.96. The molecule has 7 nitrogen and oxygen atoms in total. The monoisotopic (exact) mass is 277 g/mol. The number of hydrogen-bond acceptors (Lipinski definition) is 5. The van der Waals surface area contributed by atoms with Crippen LogP contribution in [0.15, 0.2) is 12.3 Å². The minimum atomic E-state index is -0.524. The summed E-state index contributed by atoms with van der Waals surface area (Å²) in [6.45, 7) is 3.30. The Hall–Kier alpha value is -2.18. The van der Waals surface area contributed by atoms with Gasteiger partial charge in [0.15, 0.2) is 0 Å². The molecule has 0 radical (unpaired) electrons. The largest absolute Gasteiger partial charge is 0.368 e. The maximum Gasteiger partial charge on any atom is 0.236 e. The number of nitrogens with two attached hydrogens (primary N) is 1. The fourth-order valence-electron chi connectivity index (χ4n) is 2.25. The van der Waals surface area contributed by atoms with Crippen LogP contribution in [0.4, 0.5) is 5.95 Å². The highest BCUT2D eigenvalue weighted by Crippen LogP contribution is 2.20. The molecule has 2 heterocycles. The number of primary amides is 1. The molecule has 1 aliphatic rings. The molecule has 1 saturated heterocycles. The van der Waals surface area contributed by atoms with Crippen LogP contribution in [0.5, 0.6) is 0 Å². The first-order chi connectivity index (χ1) is 9.56. The van der Waals surface area contributed by atoms with Crippen LogP contribution < -0.4 is 16.0 Å². The van der Waals surface area contributed by atoms with Crippen LogP contribution in [0.3, 0.4) is 0 Å². The molecule has 0 saturated carbocycles. The molecule has 0 spiro atoms. The van der Waals surface area contributed by atoms with Gasteiger partial charge < -0.3 is 16.0 Å². The third kappa shape index (κ3) is 3.66. The van der Waals surface area contributed by atoms with Crippen LogP contribution in [0.25, 0.3) is 0 Å². The minimum Gasteiger partial charge on any atom is -0.368 e. The maximum atomic E-state index is 11.8. The zero-order chi connectivity index (χ0) is 14.5. The first kappa shape index (κ1) is 14.2. The van der Waals surface area contributed by atoms with E-state index in [1.54, 1.807) is 6.20 Å². The lowest BCUT2D eigenvalue weighted by Gasteiger charge is -2.31. The molecule has 0 unspecified atom stereocenters. The molecule has 0 aromatic carbocycles. The number of carbonyl (C=O) groups excluding carboxylic acids is 2. The van der Waals surface area contributed by atoms with Crippen molar-refractivity contribution in [3.8, 4) is 0 Å². The van der Waals surface area contributed by atoms with E-state index < -0.39 is 5.91 Å². The van der Waals surface area contributed by atoms with Crippen LogP contribution in [0.2, 0.25) is 0 Å². The van der Waals surface area contributed by atoms with Gasteiger partial charge in [0.05, 0.1) is 6.54 Å². The van der Waals surface area contributed by atoms with Crippen molar-refractivity contribution in [1.82, 2.24) is 15.3 Å². The van der Waals surface area contributed by atoms with Gasteiger partial charge in [-0.2, -0.15) is 0 Å². The molecule has 20 heavy (non-hydrogen) atoms. The van der Waals surface area contributed by atoms with Gasteiger partial charge in [-0.3, -0.25) is 9.59 Å². The number of nitrogens with zero attached hydrogens (tertiary/aromatic N) is 3. The summed E-state index contributed by atoms with van der Waals surface area (Å²) in [4.78, 5) is 33.2. The van der Waals surface area contributed by atoms with E-state index in [2.05, 4.69) is 20.2 Å². The first-order valence-corrected chi connectivity index (χ1v) is 6.67. The van der Waals surface area contributed by atoms with Gasteiger partial charge in [-0.1, -0.05) is 0 Å². The molecule has 1 aliphatic heterocycles. The number of piperidine rings is 1. The minimum absolute atomic E-state index is 0.0737. The van der Waals surface area contributed by atoms with E-state index in [0.717, 1.165) is 31.6 Å². The lowest BCUT2D eigenvalue weighted by Crippen LogP contribution is -2.43. The molecule has 108 valence electrons. The van der Waals surface area contributed by atoms with E-state index in [4.69, 9.17) is 5.73 Å². The number of aryl methyl sites for hydroxylation is 1. The van der Waals surface area contributed by atoms with Gasteiger partial charge in [0, 0.05) is 30.9 Å². The molecule has 3 N–H and O–H groups in total. The highest BCUT2D eigenvalue weighted by molar-refractivity contribution is 5.85. The number of carbonyl (C=O) groups is 2. The van der Waals surface area contributed by atoms with Gasteiger partial charge in [-0.25, -0.2) is 9.97 Å². The summed E-state index contributed by atoms with van der Waals surface area (Å²) in [5, 5.41) is 2.55. The molecular weight excluding hydrogens is 258 g/mol. The number of aromatic nitrogens is 2. The Balaban J connectivity index is 1.86. The molecule has 0 bridgehead atoms. The van der Waals surface area contributed by atoms with Gasteiger partial charge in [0.2, 0.25) is 17.8 Å². The zero-order valence-corrected chi connectivity index (χ0v) is 11.5. The fraction of sp³-hybridized carbons (Fsp3) is 0.538. The van der Waals surface area contributed by atoms with Gasteiger partial charge in [-0.05, 0) is 25.8 Å². The highest BCUT2D eigenvalue weighted by Gasteiger charge is 2.26. The molecule has 2 amide bonds. The van der Waals surface area contributed by atoms with Crippen molar-refractivity contribution < 1.29 is 9.59 Å². The molecule has 1 fully saturated rings. The Morgan fingerprint density at radius 2 is 2.15 bits per heavy atom. The van der Waals surface area contributed by atoms with E-state index in [-0.39, 0.29) is 18.4 Å². The highest BCUT2D eigenvalue weighted by atomic mass is 16.2. The second kappa shape index (κ2) is 6.31. The van der Waals surface area contributed by atoms with Crippen molar-refractivity contribution in [2.24, 2.45) is 11.7 Å². The van der Waals surface area contributed by atoms with Crippen LogP contribution in [-0.4, -0.2) is 41.4 Å². The third-order valence-corrected chi connectivity index (χ3v) is 3.37. The van der Waals surface area contributed by atoms with Crippen molar-refractivity contribution in [2.45, 2.75) is 19.8 Å². The molecular formula is C13H19N5O2. The summed E-state index contributed by atoms with van der Waals surface area (Å²) in [7, 11) is 0. The molecule has 7 heteroatoms. The summed E-state index contributed by atoms with van der Waals surface area (Å²) in [5.74, 6) is 0.00830. The van der Waals surface area contributed by atoms with Gasteiger partial charge >= 0.3 is 0 Å². The van der Waals surface area contributed by atoms with E-state index in [0.29, 0.717) is 5.95 Å². The van der Waals surface area contributed by atoms with Crippen molar-refractivity contribution in [2.75, 3.05) is 24.5 Å². The quantitative estimate of drug-likeness (QED) is 0.780. The fourth-order valence-corrected chi connectivity index (χ4v) is 2.25. The summed E-state index contributed by atoms with van der Waals surface area (Å²) >= 11 is 0. The van der Waals surface area contributed by atoms with Crippen molar-refractivity contribution in [1.29, 1.82) is 0 Å². The van der Waals surface area contributed by atoms with E-state index in [9.17, 15) is 9.59 Å². The van der Waals surface area contributed by atoms with Crippen molar-refractivity contribution in [3.63, 3.8) is 0 Å². The van der Waals surface area contributed by atoms with Crippen molar-refractivity contribution in [3.05, 3.63) is 18.0 Å². The SMILES string of the molecule is Cc1ccnc(N2CCC(C(=O)NCC(N)=O)CC2)n1. The van der Waals surface area contributed by atoms with Gasteiger partial charge in [0.25, 0.3) is 0 Å². The predicted molar refractivity (Wildman–Crippen MR) is 73.9 cm³/mol. The van der Waals surface area contributed by atoms with E-state index in [1.165, 1.54) is 0 Å². The average Bonchev–Trinajstić information content (AvgIpc) is 2.45. The Morgan fingerprint density at radius 1 is 1.45 bits per heavy atom. The standard InChI is InChI=1S/C13H19N5O2/c1-9-2-5-15-13(17-9)18-6-3-10(4-7-18)12(20)16-8-11(14)19/h2,5,10H,3-4,6-8H2,1H3,(H2,14,19)(H,16,20). The summed E-state index contributed by atoms with van der Waals surface area (Å²) in [6, 6.07) is 1.85. The smallest absolute Gasteiger partial charge is 0.236 e. The Labute approximate surface area is 117 Å². The lowest BCUT2D eigenvalue weighted by molar-refractivity contribution is -0.128. The van der Waals surface area contributed by atoms with Crippen LogP contribution >= 0.6 is 0 Å². The Morgan fingerprint density at radius 3 is 2.75 bits per heavy atom. The molecule has 0 atom stereocenters. The van der Waals surface area contributed by atoms with Crippen LogP contribution in [0.1, 0.15) is 18.5 Å². The van der Waals surface area contributed by atoms with E-state index in [1.807, 2.05) is 13.0 Å². The number of amides is 2. The number of hydrogen-bond donors (Lipinski definition) is 2. The zero-order valence-electron chi connectivity index (χ0n) is 11.5. The number of rotatable bonds is 4. The molecule has 2 rings (SSSR count). The van der Waals surface area contributed by atoms with Gasteiger partial charge in [0.1, 0.15) is 0 Å². The second-order valence-corrected chi connectivity index (χ2v) is 4.94. The summed E-state index contributed by atoms with van der Waals surface area (Å²) in [5.41, 5.74) is 5.93.